The van der Waals surface area contributed by atoms with Crippen LogP contribution in [0.25, 0.3) is 0 Å². The van der Waals surface area contributed by atoms with Gasteiger partial charge in [0.2, 0.25) is 0 Å². The van der Waals surface area contributed by atoms with Gasteiger partial charge in [0.1, 0.15) is 0 Å². The number of allylic oxidation sites excluding steroid dienone is 5. The van der Waals surface area contributed by atoms with Gasteiger partial charge >= 0.3 is 0 Å². The van der Waals surface area contributed by atoms with Crippen molar-refractivity contribution in [2.45, 2.75) is 26.7 Å². The van der Waals surface area contributed by atoms with Crippen molar-refractivity contribution in [1.82, 2.24) is 0 Å². The molecule has 0 unspecified atom stereocenters. The summed E-state index contributed by atoms with van der Waals surface area (Å²) < 4.78 is 0. The number of hydrogen-bond donors (Lipinski definition) is 0. The van der Waals surface area contributed by atoms with Crippen LogP contribution in [0, 0.1) is 6.92 Å². The summed E-state index contributed by atoms with van der Waals surface area (Å²) in [6.45, 7) is 7.90. The maximum atomic E-state index is 3.74. The van der Waals surface area contributed by atoms with Crippen molar-refractivity contribution in [2.24, 2.45) is 0 Å². The van der Waals surface area contributed by atoms with Gasteiger partial charge in [-0.1, -0.05) is 60.7 Å². The second kappa shape index (κ2) is 6.84. The lowest BCUT2D eigenvalue weighted by molar-refractivity contribution is 0.964. The lowest BCUT2D eigenvalue weighted by atomic mass is 10.0. The zero-order valence-electron chi connectivity index (χ0n) is 10.2. The molecule has 0 aliphatic heterocycles. The van der Waals surface area contributed by atoms with Crippen LogP contribution in [-0.2, 0) is 6.42 Å². The molecule has 0 saturated carbocycles. The second-order valence-electron chi connectivity index (χ2n) is 3.96. The molecule has 0 bridgehead atoms. The molecule has 0 fully saturated rings. The van der Waals surface area contributed by atoms with Gasteiger partial charge in [-0.3, -0.25) is 0 Å². The number of hydrogen-bond acceptors (Lipinski definition) is 0. The van der Waals surface area contributed by atoms with E-state index >= 15 is 0 Å². The molecule has 1 aromatic carbocycles. The Kier molecular flexibility index (Phi) is 5.35. The summed E-state index contributed by atoms with van der Waals surface area (Å²) in [5, 5.41) is 0. The van der Waals surface area contributed by atoms with Crippen molar-refractivity contribution < 1.29 is 0 Å². The van der Waals surface area contributed by atoms with E-state index in [1.807, 2.05) is 13.0 Å². The molecule has 84 valence electrons. The van der Waals surface area contributed by atoms with E-state index in [0.717, 1.165) is 12.8 Å². The largest absolute Gasteiger partial charge is 0.0991 e. The third kappa shape index (κ3) is 4.31. The van der Waals surface area contributed by atoms with Crippen LogP contribution in [0.1, 0.15) is 24.5 Å². The summed E-state index contributed by atoms with van der Waals surface area (Å²) in [5.41, 5.74) is 4.04. The smallest absolute Gasteiger partial charge is 0.0238 e. The molecular formula is C16H20. The SMILES string of the molecule is C=C/C=C(\C=C/C)CCc1ccc(C)cc1. The molecule has 0 spiro atoms. The quantitative estimate of drug-likeness (QED) is 0.625. The Morgan fingerprint density at radius 1 is 1.25 bits per heavy atom. The van der Waals surface area contributed by atoms with Gasteiger partial charge in [0.25, 0.3) is 0 Å². The van der Waals surface area contributed by atoms with Crippen molar-refractivity contribution in [1.29, 1.82) is 0 Å². The average molecular weight is 212 g/mol. The van der Waals surface area contributed by atoms with Gasteiger partial charge in [-0.2, -0.15) is 0 Å². The molecule has 0 amide bonds. The van der Waals surface area contributed by atoms with Gasteiger partial charge in [-0.15, -0.1) is 0 Å². The Balaban J connectivity index is 2.58. The van der Waals surface area contributed by atoms with E-state index in [1.165, 1.54) is 16.7 Å². The number of benzene rings is 1. The Bertz CT molecular complexity index is 377. The fraction of sp³-hybridized carbons (Fsp3) is 0.250. The minimum absolute atomic E-state index is 1.07. The van der Waals surface area contributed by atoms with Crippen LogP contribution < -0.4 is 0 Å². The topological polar surface area (TPSA) is 0 Å². The minimum atomic E-state index is 1.07. The number of aryl methyl sites for hydroxylation is 2. The Morgan fingerprint density at radius 2 is 1.94 bits per heavy atom. The normalized spacial score (nSPS) is 12.0. The molecule has 0 atom stereocenters. The van der Waals surface area contributed by atoms with Crippen LogP contribution in [0.2, 0.25) is 0 Å². The van der Waals surface area contributed by atoms with E-state index in [2.05, 4.69) is 56.0 Å². The molecule has 0 heterocycles. The molecule has 0 radical (unpaired) electrons. The van der Waals surface area contributed by atoms with Gasteiger partial charge in [0.15, 0.2) is 0 Å². The summed E-state index contributed by atoms with van der Waals surface area (Å²) in [6, 6.07) is 8.75. The Hall–Kier alpha value is -1.56. The zero-order valence-corrected chi connectivity index (χ0v) is 10.2. The van der Waals surface area contributed by atoms with E-state index in [4.69, 9.17) is 0 Å². The summed E-state index contributed by atoms with van der Waals surface area (Å²) in [5.74, 6) is 0. The van der Waals surface area contributed by atoms with E-state index in [9.17, 15) is 0 Å². The molecular weight excluding hydrogens is 192 g/mol. The summed E-state index contributed by atoms with van der Waals surface area (Å²) in [6.07, 6.45) is 10.3. The predicted octanol–water partition coefficient (Wildman–Crippen LogP) is 4.62. The second-order valence-corrected chi connectivity index (χ2v) is 3.96. The van der Waals surface area contributed by atoms with Gasteiger partial charge in [-0.25, -0.2) is 0 Å². The summed E-state index contributed by atoms with van der Waals surface area (Å²) >= 11 is 0. The molecule has 16 heavy (non-hydrogen) atoms. The van der Waals surface area contributed by atoms with Crippen molar-refractivity contribution in [3.05, 3.63) is 71.8 Å². The maximum Gasteiger partial charge on any atom is -0.0238 e. The highest BCUT2D eigenvalue weighted by atomic mass is 14.0. The third-order valence-corrected chi connectivity index (χ3v) is 2.54. The Morgan fingerprint density at radius 3 is 2.50 bits per heavy atom. The van der Waals surface area contributed by atoms with Crippen LogP contribution >= 0.6 is 0 Å². The van der Waals surface area contributed by atoms with E-state index < -0.39 is 0 Å². The molecule has 0 nitrogen and oxygen atoms in total. The fourth-order valence-electron chi connectivity index (χ4n) is 1.63. The Labute approximate surface area is 99.0 Å². The molecule has 1 rings (SSSR count). The van der Waals surface area contributed by atoms with Crippen molar-refractivity contribution in [3.8, 4) is 0 Å². The zero-order chi connectivity index (χ0) is 11.8. The van der Waals surface area contributed by atoms with Gasteiger partial charge in [0, 0.05) is 0 Å². The van der Waals surface area contributed by atoms with E-state index in [0.29, 0.717) is 0 Å². The van der Waals surface area contributed by atoms with E-state index in [1.54, 1.807) is 0 Å². The summed E-state index contributed by atoms with van der Waals surface area (Å²) in [4.78, 5) is 0. The van der Waals surface area contributed by atoms with Crippen molar-refractivity contribution in [2.75, 3.05) is 0 Å². The lowest BCUT2D eigenvalue weighted by Gasteiger charge is -2.03. The van der Waals surface area contributed by atoms with Crippen LogP contribution in [0.4, 0.5) is 0 Å². The number of rotatable bonds is 5. The lowest BCUT2D eigenvalue weighted by Crippen LogP contribution is -1.87. The first-order valence-corrected chi connectivity index (χ1v) is 5.76. The van der Waals surface area contributed by atoms with Crippen LogP contribution in [0.15, 0.2) is 60.7 Å². The van der Waals surface area contributed by atoms with Crippen molar-refractivity contribution in [3.63, 3.8) is 0 Å². The summed E-state index contributed by atoms with van der Waals surface area (Å²) in [7, 11) is 0. The minimum Gasteiger partial charge on any atom is -0.0991 e. The highest BCUT2D eigenvalue weighted by molar-refractivity contribution is 5.26. The molecule has 0 aliphatic carbocycles. The highest BCUT2D eigenvalue weighted by Crippen LogP contribution is 2.11. The van der Waals surface area contributed by atoms with Crippen molar-refractivity contribution >= 4 is 0 Å². The molecule has 0 aliphatic rings. The molecule has 1 aromatic rings. The van der Waals surface area contributed by atoms with E-state index in [-0.39, 0.29) is 0 Å². The van der Waals surface area contributed by atoms with Gasteiger partial charge in [-0.05, 0) is 37.8 Å². The predicted molar refractivity (Wildman–Crippen MR) is 72.6 cm³/mol. The molecule has 0 N–H and O–H groups in total. The van der Waals surface area contributed by atoms with Gasteiger partial charge in [0.05, 0.1) is 0 Å². The molecule has 0 heteroatoms. The van der Waals surface area contributed by atoms with Gasteiger partial charge < -0.3 is 0 Å². The van der Waals surface area contributed by atoms with Crippen LogP contribution in [0.3, 0.4) is 0 Å². The molecule has 0 aromatic heterocycles. The first-order chi connectivity index (χ1) is 7.76. The standard InChI is InChI=1S/C16H20/c1-4-6-15(7-5-2)12-13-16-10-8-14(3)9-11-16/h4-11H,1,12-13H2,2-3H3/b7-5-,15-6+. The fourth-order valence-corrected chi connectivity index (χ4v) is 1.63. The first kappa shape index (κ1) is 12.5. The average Bonchev–Trinajstić information content (AvgIpc) is 2.29. The molecule has 0 saturated heterocycles. The van der Waals surface area contributed by atoms with Crippen LogP contribution in [0.5, 0.6) is 0 Å². The third-order valence-electron chi connectivity index (χ3n) is 2.54. The van der Waals surface area contributed by atoms with Crippen LogP contribution in [-0.4, -0.2) is 0 Å². The highest BCUT2D eigenvalue weighted by Gasteiger charge is 1.95. The maximum absolute atomic E-state index is 3.74. The first-order valence-electron chi connectivity index (χ1n) is 5.76. The monoisotopic (exact) mass is 212 g/mol.